The molecule has 0 aromatic heterocycles. The second-order valence-corrected chi connectivity index (χ2v) is 10.1. The molecule has 2 aliphatic heterocycles. The van der Waals surface area contributed by atoms with Crippen LogP contribution in [-0.4, -0.2) is 75.6 Å². The van der Waals surface area contributed by atoms with E-state index in [4.69, 9.17) is 0 Å². The van der Waals surface area contributed by atoms with Gasteiger partial charge >= 0.3 is 0 Å². The van der Waals surface area contributed by atoms with E-state index in [1.54, 1.807) is 28.8 Å². The molecule has 2 fully saturated rings. The molecule has 0 unspecified atom stereocenters. The molecule has 0 spiro atoms. The van der Waals surface area contributed by atoms with Crippen molar-refractivity contribution < 1.29 is 18.1 Å². The average molecular weight is 413 g/mol. The molecule has 0 aliphatic carbocycles. The number of amides is 1. The Bertz CT molecular complexity index is 736. The van der Waals surface area contributed by atoms with Crippen LogP contribution in [0.4, 0.5) is 0 Å². The van der Waals surface area contributed by atoms with Gasteiger partial charge in [0.25, 0.3) is 0 Å². The molecule has 150 valence electrons. The maximum Gasteiger partial charge on any atom is 0.243 e. The first-order valence-electron chi connectivity index (χ1n) is 9.72. The largest absolute Gasteiger partial charge is 0.332 e. The summed E-state index contributed by atoms with van der Waals surface area (Å²) in [6.45, 7) is 7.80. The number of benzene rings is 1. The van der Waals surface area contributed by atoms with Crippen molar-refractivity contribution in [1.29, 1.82) is 0 Å². The zero-order valence-corrected chi connectivity index (χ0v) is 17.8. The highest BCUT2D eigenvalue weighted by Crippen LogP contribution is 2.26. The number of carbonyl (C=O) groups excluding carboxylic acids is 1. The number of sulfonamides is 1. The molecule has 3 rings (SSSR count). The number of nitrogens with one attached hydrogen (secondary N) is 1. The monoisotopic (exact) mass is 412 g/mol. The molecule has 0 radical (unpaired) electrons. The molecule has 8 heteroatoms. The predicted octanol–water partition coefficient (Wildman–Crippen LogP) is 0.556. The van der Waals surface area contributed by atoms with Gasteiger partial charge in [0.15, 0.2) is 0 Å². The van der Waals surface area contributed by atoms with Gasteiger partial charge < -0.3 is 9.80 Å². The first kappa shape index (κ1) is 20.6. The third-order valence-corrected chi connectivity index (χ3v) is 8.44. The van der Waals surface area contributed by atoms with Gasteiger partial charge in [0.2, 0.25) is 15.9 Å². The lowest BCUT2D eigenvalue weighted by atomic mass is 9.96. The lowest BCUT2D eigenvalue weighted by molar-refractivity contribution is -0.902. The normalized spacial score (nSPS) is 20.7. The molecule has 2 saturated heterocycles. The van der Waals surface area contributed by atoms with Crippen molar-refractivity contribution >= 4 is 27.7 Å². The molecule has 1 N–H and O–H groups in total. The summed E-state index contributed by atoms with van der Waals surface area (Å²) in [7, 11) is -3.48. The third kappa shape index (κ3) is 4.67. The number of carbonyl (C=O) groups is 1. The van der Waals surface area contributed by atoms with Crippen LogP contribution in [0.5, 0.6) is 0 Å². The summed E-state index contributed by atoms with van der Waals surface area (Å²) < 4.78 is 27.2. The van der Waals surface area contributed by atoms with Gasteiger partial charge in [-0.2, -0.15) is 4.31 Å². The molecular formula is C19H30N3O3S2+. The van der Waals surface area contributed by atoms with Gasteiger partial charge in [0.1, 0.15) is 0 Å². The molecule has 0 atom stereocenters. The van der Waals surface area contributed by atoms with Crippen LogP contribution in [-0.2, 0) is 14.8 Å². The van der Waals surface area contributed by atoms with Gasteiger partial charge in [-0.3, -0.25) is 4.79 Å². The van der Waals surface area contributed by atoms with E-state index in [-0.39, 0.29) is 11.8 Å². The predicted molar refractivity (Wildman–Crippen MR) is 108 cm³/mol. The minimum atomic E-state index is -3.48. The zero-order chi connectivity index (χ0) is 19.4. The van der Waals surface area contributed by atoms with E-state index in [9.17, 15) is 13.2 Å². The fraction of sp³-hybridized carbons (Fsp3) is 0.632. The van der Waals surface area contributed by atoms with Gasteiger partial charge in [-0.05, 0) is 50.3 Å². The second kappa shape index (κ2) is 8.94. The molecule has 1 amide bonds. The Hall–Kier alpha value is -1.09. The smallest absolute Gasteiger partial charge is 0.243 e. The van der Waals surface area contributed by atoms with E-state index in [0.717, 1.165) is 37.6 Å². The van der Waals surface area contributed by atoms with Gasteiger partial charge in [-0.25, -0.2) is 8.42 Å². The number of likely N-dealkylation sites (N-methyl/N-ethyl adjacent to an activating group) is 1. The quantitative estimate of drug-likeness (QED) is 0.718. The number of piperazine rings is 1. The second-order valence-electron chi connectivity index (χ2n) is 7.28. The summed E-state index contributed by atoms with van der Waals surface area (Å²) in [6, 6.07) is 7.03. The average Bonchev–Trinajstić information content (AvgIpc) is 2.73. The highest BCUT2D eigenvalue weighted by molar-refractivity contribution is 7.98. The minimum Gasteiger partial charge on any atom is -0.332 e. The van der Waals surface area contributed by atoms with E-state index >= 15 is 0 Å². The van der Waals surface area contributed by atoms with Crippen molar-refractivity contribution in [2.24, 2.45) is 5.92 Å². The number of hydrogen-bond donors (Lipinski definition) is 1. The van der Waals surface area contributed by atoms with Gasteiger partial charge in [0, 0.05) is 23.9 Å². The molecule has 1 aromatic carbocycles. The molecule has 1 aromatic rings. The number of thioether (sulfide) groups is 1. The van der Waals surface area contributed by atoms with Crippen molar-refractivity contribution in [1.82, 2.24) is 9.21 Å². The van der Waals surface area contributed by atoms with Crippen LogP contribution in [0, 0.1) is 5.92 Å². The first-order valence-corrected chi connectivity index (χ1v) is 12.4. The van der Waals surface area contributed by atoms with E-state index in [1.165, 1.54) is 4.31 Å². The van der Waals surface area contributed by atoms with Crippen molar-refractivity contribution in [2.45, 2.75) is 29.6 Å². The van der Waals surface area contributed by atoms with Crippen LogP contribution in [0.25, 0.3) is 0 Å². The van der Waals surface area contributed by atoms with Crippen LogP contribution < -0.4 is 4.90 Å². The maximum atomic E-state index is 12.9. The summed E-state index contributed by atoms with van der Waals surface area (Å²) in [6.07, 6.45) is 3.19. The summed E-state index contributed by atoms with van der Waals surface area (Å²) in [5.41, 5.74) is 0. The number of hydrogen-bond acceptors (Lipinski definition) is 4. The van der Waals surface area contributed by atoms with Crippen LogP contribution in [0.15, 0.2) is 34.1 Å². The highest BCUT2D eigenvalue weighted by atomic mass is 32.2. The lowest BCUT2D eigenvalue weighted by Crippen LogP contribution is -3.14. The number of piperidine rings is 1. The van der Waals surface area contributed by atoms with Crippen molar-refractivity contribution in [2.75, 3.05) is 52.1 Å². The standard InChI is InChI=1S/C19H29N3O3S2/c1-3-20-12-14-21(15-13-20)19(23)16-8-10-22(11-9-16)27(24,25)18-6-4-17(26-2)5-7-18/h4-7,16H,3,8-15H2,1-2H3/p+1. The van der Waals surface area contributed by atoms with Gasteiger partial charge in [-0.15, -0.1) is 11.8 Å². The molecule has 27 heavy (non-hydrogen) atoms. The Morgan fingerprint density at radius 3 is 2.22 bits per heavy atom. The molecule has 0 bridgehead atoms. The van der Waals surface area contributed by atoms with Crippen molar-refractivity contribution in [3.63, 3.8) is 0 Å². The molecule has 2 aliphatic rings. The van der Waals surface area contributed by atoms with E-state index < -0.39 is 10.0 Å². The number of quaternary nitrogens is 1. The molecule has 6 nitrogen and oxygen atoms in total. The van der Waals surface area contributed by atoms with Crippen LogP contribution in [0.3, 0.4) is 0 Å². The summed E-state index contributed by atoms with van der Waals surface area (Å²) >= 11 is 1.59. The molecule has 2 heterocycles. The number of rotatable bonds is 5. The molecule has 0 saturated carbocycles. The summed E-state index contributed by atoms with van der Waals surface area (Å²) in [4.78, 5) is 17.7. The highest BCUT2D eigenvalue weighted by Gasteiger charge is 2.35. The maximum absolute atomic E-state index is 12.9. The van der Waals surface area contributed by atoms with Crippen LogP contribution >= 0.6 is 11.8 Å². The zero-order valence-electron chi connectivity index (χ0n) is 16.2. The SMILES string of the molecule is CC[NH+]1CCN(C(=O)C2CCN(S(=O)(=O)c3ccc(SC)cc3)CC2)CC1. The Morgan fingerprint density at radius 2 is 1.70 bits per heavy atom. The van der Waals surface area contributed by atoms with Gasteiger partial charge in [0.05, 0.1) is 37.6 Å². The van der Waals surface area contributed by atoms with Crippen molar-refractivity contribution in [3.8, 4) is 0 Å². The van der Waals surface area contributed by atoms with E-state index in [0.29, 0.717) is 30.8 Å². The number of nitrogens with zero attached hydrogens (tertiary/aromatic N) is 2. The van der Waals surface area contributed by atoms with Crippen LogP contribution in [0.2, 0.25) is 0 Å². The Balaban J connectivity index is 1.57. The fourth-order valence-corrected chi connectivity index (χ4v) is 5.77. The van der Waals surface area contributed by atoms with Crippen LogP contribution in [0.1, 0.15) is 19.8 Å². The van der Waals surface area contributed by atoms with Crippen molar-refractivity contribution in [3.05, 3.63) is 24.3 Å². The Labute approximate surface area is 166 Å². The summed E-state index contributed by atoms with van der Waals surface area (Å²) in [5.74, 6) is 0.171. The van der Waals surface area contributed by atoms with E-state index in [1.807, 2.05) is 23.3 Å². The minimum absolute atomic E-state index is 0.0431. The van der Waals surface area contributed by atoms with Gasteiger partial charge in [-0.1, -0.05) is 0 Å². The summed E-state index contributed by atoms with van der Waals surface area (Å²) in [5, 5.41) is 0. The third-order valence-electron chi connectivity index (χ3n) is 5.78. The fourth-order valence-electron chi connectivity index (χ4n) is 3.89. The first-order chi connectivity index (χ1) is 13.0. The molecular weight excluding hydrogens is 382 g/mol. The Kier molecular flexibility index (Phi) is 6.83. The lowest BCUT2D eigenvalue weighted by Gasteiger charge is -2.36. The topological polar surface area (TPSA) is 62.1 Å². The Morgan fingerprint density at radius 1 is 1.11 bits per heavy atom. The van der Waals surface area contributed by atoms with E-state index in [2.05, 4.69) is 6.92 Å².